The number of alkyl halides is 2. The van der Waals surface area contributed by atoms with Crippen molar-refractivity contribution < 1.29 is 17.2 Å². The number of rotatable bonds is 2. The Morgan fingerprint density at radius 3 is 2.36 bits per heavy atom. The van der Waals surface area contributed by atoms with Crippen LogP contribution in [-0.2, 0) is 10.0 Å². The van der Waals surface area contributed by atoms with Gasteiger partial charge >= 0.3 is 0 Å². The third-order valence-corrected chi connectivity index (χ3v) is 3.00. The van der Waals surface area contributed by atoms with Crippen LogP contribution in [0, 0.1) is 0 Å². The zero-order valence-corrected chi connectivity index (χ0v) is 9.02. The predicted octanol–water partition coefficient (Wildman–Crippen LogP) is 1.43. The highest BCUT2D eigenvalue weighted by molar-refractivity contribution is 9.10. The standard InChI is InChI=1S/C6H5BrF2N2O2S/c7-3-1-11-2-4(14(10,12)13)5(3)6(8)9/h1-2,6H,(H2,10,12,13). The molecule has 1 aromatic rings. The minimum atomic E-state index is -4.17. The number of halogens is 3. The van der Waals surface area contributed by atoms with Crippen molar-refractivity contribution in [2.24, 2.45) is 5.14 Å². The van der Waals surface area contributed by atoms with E-state index in [9.17, 15) is 17.2 Å². The van der Waals surface area contributed by atoms with Gasteiger partial charge in [0.1, 0.15) is 4.90 Å². The van der Waals surface area contributed by atoms with Gasteiger partial charge in [-0.2, -0.15) is 0 Å². The predicted molar refractivity (Wildman–Crippen MR) is 48.3 cm³/mol. The van der Waals surface area contributed by atoms with Gasteiger partial charge in [-0.25, -0.2) is 22.3 Å². The lowest BCUT2D eigenvalue weighted by molar-refractivity contribution is 0.147. The third-order valence-electron chi connectivity index (χ3n) is 1.43. The van der Waals surface area contributed by atoms with Crippen molar-refractivity contribution in [2.45, 2.75) is 11.3 Å². The Morgan fingerprint density at radius 1 is 1.43 bits per heavy atom. The van der Waals surface area contributed by atoms with E-state index < -0.39 is 26.9 Å². The molecule has 0 aromatic carbocycles. The van der Waals surface area contributed by atoms with Gasteiger partial charge in [0.05, 0.1) is 5.56 Å². The SMILES string of the molecule is NS(=O)(=O)c1cncc(Br)c1C(F)F. The number of sulfonamides is 1. The topological polar surface area (TPSA) is 73.1 Å². The second-order valence-electron chi connectivity index (χ2n) is 2.38. The fourth-order valence-electron chi connectivity index (χ4n) is 0.866. The first kappa shape index (κ1) is 11.5. The maximum absolute atomic E-state index is 12.4. The summed E-state index contributed by atoms with van der Waals surface area (Å²) in [5.41, 5.74) is -0.664. The van der Waals surface area contributed by atoms with Crippen molar-refractivity contribution in [3.05, 3.63) is 22.4 Å². The van der Waals surface area contributed by atoms with Gasteiger partial charge in [-0.15, -0.1) is 0 Å². The molecule has 0 spiro atoms. The van der Waals surface area contributed by atoms with Crippen LogP contribution in [0.3, 0.4) is 0 Å². The van der Waals surface area contributed by atoms with Gasteiger partial charge in [-0.05, 0) is 15.9 Å². The molecule has 1 heterocycles. The van der Waals surface area contributed by atoms with E-state index in [0.29, 0.717) is 0 Å². The van der Waals surface area contributed by atoms with Crippen LogP contribution in [0.2, 0.25) is 0 Å². The second-order valence-corrected chi connectivity index (χ2v) is 4.76. The Kier molecular flexibility index (Phi) is 3.17. The molecule has 0 bridgehead atoms. The Balaban J connectivity index is 3.52. The van der Waals surface area contributed by atoms with Crippen molar-refractivity contribution >= 4 is 26.0 Å². The zero-order valence-electron chi connectivity index (χ0n) is 6.62. The first-order chi connectivity index (χ1) is 6.34. The first-order valence-electron chi connectivity index (χ1n) is 3.28. The highest BCUT2D eigenvalue weighted by atomic mass is 79.9. The lowest BCUT2D eigenvalue weighted by Gasteiger charge is -2.07. The van der Waals surface area contributed by atoms with Crippen LogP contribution in [-0.4, -0.2) is 13.4 Å². The second kappa shape index (κ2) is 3.87. The molecule has 0 radical (unpaired) electrons. The summed E-state index contributed by atoms with van der Waals surface area (Å²) < 4.78 is 46.6. The lowest BCUT2D eigenvalue weighted by Crippen LogP contribution is -2.15. The van der Waals surface area contributed by atoms with E-state index in [1.807, 2.05) is 0 Å². The molecule has 1 rings (SSSR count). The van der Waals surface area contributed by atoms with Crippen LogP contribution in [0.5, 0.6) is 0 Å². The monoisotopic (exact) mass is 286 g/mol. The van der Waals surface area contributed by atoms with Crippen LogP contribution in [0.25, 0.3) is 0 Å². The Labute approximate surface area is 87.3 Å². The molecule has 0 fully saturated rings. The maximum Gasteiger partial charge on any atom is 0.266 e. The zero-order chi connectivity index (χ0) is 10.9. The van der Waals surface area contributed by atoms with E-state index in [0.717, 1.165) is 12.4 Å². The first-order valence-corrected chi connectivity index (χ1v) is 5.62. The number of nitrogens with two attached hydrogens (primary N) is 1. The minimum absolute atomic E-state index is 0.0842. The van der Waals surface area contributed by atoms with Gasteiger partial charge in [0.2, 0.25) is 10.0 Å². The summed E-state index contributed by atoms with van der Waals surface area (Å²) in [7, 11) is -4.17. The molecule has 1 aromatic heterocycles. The molecule has 0 saturated heterocycles. The highest BCUT2D eigenvalue weighted by Crippen LogP contribution is 2.31. The van der Waals surface area contributed by atoms with Crippen molar-refractivity contribution in [1.29, 1.82) is 0 Å². The summed E-state index contributed by atoms with van der Waals surface area (Å²) in [6.07, 6.45) is -1.06. The van der Waals surface area contributed by atoms with Crippen LogP contribution in [0.4, 0.5) is 8.78 Å². The molecular weight excluding hydrogens is 282 g/mol. The lowest BCUT2D eigenvalue weighted by atomic mass is 10.3. The van der Waals surface area contributed by atoms with Gasteiger partial charge < -0.3 is 0 Å². The molecule has 0 amide bonds. The molecule has 0 aliphatic carbocycles. The summed E-state index contributed by atoms with van der Waals surface area (Å²) in [6, 6.07) is 0. The van der Waals surface area contributed by atoms with Gasteiger partial charge in [0.25, 0.3) is 6.43 Å². The van der Waals surface area contributed by atoms with Crippen LogP contribution < -0.4 is 5.14 Å². The molecule has 0 saturated carbocycles. The molecule has 14 heavy (non-hydrogen) atoms. The number of aromatic nitrogens is 1. The van der Waals surface area contributed by atoms with Crippen molar-refractivity contribution in [3.8, 4) is 0 Å². The quantitative estimate of drug-likeness (QED) is 0.894. The minimum Gasteiger partial charge on any atom is -0.262 e. The van der Waals surface area contributed by atoms with Gasteiger partial charge in [-0.1, -0.05) is 0 Å². The Morgan fingerprint density at radius 2 is 2.00 bits per heavy atom. The van der Waals surface area contributed by atoms with E-state index in [1.54, 1.807) is 0 Å². The van der Waals surface area contributed by atoms with Crippen LogP contribution in [0.15, 0.2) is 21.8 Å². The molecular formula is C6H5BrF2N2O2S. The molecule has 78 valence electrons. The number of nitrogens with zero attached hydrogens (tertiary/aromatic N) is 1. The smallest absolute Gasteiger partial charge is 0.262 e. The fourth-order valence-corrected chi connectivity index (χ4v) is 2.22. The molecule has 0 atom stereocenters. The number of pyridine rings is 1. The molecule has 0 aliphatic heterocycles. The van der Waals surface area contributed by atoms with Crippen LogP contribution in [0.1, 0.15) is 12.0 Å². The number of hydrogen-bond donors (Lipinski definition) is 1. The Bertz CT molecular complexity index is 449. The van der Waals surface area contributed by atoms with Gasteiger partial charge in [0.15, 0.2) is 0 Å². The summed E-state index contributed by atoms with van der Waals surface area (Å²) in [5, 5.41) is 4.74. The van der Waals surface area contributed by atoms with Crippen LogP contribution >= 0.6 is 15.9 Å². The fraction of sp³-hybridized carbons (Fsp3) is 0.167. The summed E-state index contributed by atoms with van der Waals surface area (Å²) >= 11 is 2.78. The van der Waals surface area contributed by atoms with Gasteiger partial charge in [0, 0.05) is 16.9 Å². The van der Waals surface area contributed by atoms with E-state index in [4.69, 9.17) is 5.14 Å². The summed E-state index contributed by atoms with van der Waals surface area (Å²) in [6.45, 7) is 0. The molecule has 0 aliphatic rings. The summed E-state index contributed by atoms with van der Waals surface area (Å²) in [5.74, 6) is 0. The van der Waals surface area contributed by atoms with Crippen molar-refractivity contribution in [1.82, 2.24) is 4.98 Å². The van der Waals surface area contributed by atoms with E-state index in [2.05, 4.69) is 20.9 Å². The molecule has 4 nitrogen and oxygen atoms in total. The summed E-state index contributed by atoms with van der Waals surface area (Å²) in [4.78, 5) is 2.79. The molecule has 2 N–H and O–H groups in total. The average Bonchev–Trinajstić information content (AvgIpc) is 2.01. The normalized spacial score (nSPS) is 12.1. The highest BCUT2D eigenvalue weighted by Gasteiger charge is 2.23. The van der Waals surface area contributed by atoms with Crippen molar-refractivity contribution in [2.75, 3.05) is 0 Å². The average molecular weight is 287 g/mol. The third kappa shape index (κ3) is 2.25. The molecule has 8 heteroatoms. The Hall–Kier alpha value is -0.600. The van der Waals surface area contributed by atoms with Gasteiger partial charge in [-0.3, -0.25) is 4.98 Å². The molecule has 0 unspecified atom stereocenters. The van der Waals surface area contributed by atoms with E-state index >= 15 is 0 Å². The number of hydrogen-bond acceptors (Lipinski definition) is 3. The van der Waals surface area contributed by atoms with Crippen molar-refractivity contribution in [3.63, 3.8) is 0 Å². The largest absolute Gasteiger partial charge is 0.266 e. The van der Waals surface area contributed by atoms with E-state index in [-0.39, 0.29) is 4.47 Å². The maximum atomic E-state index is 12.4. The van der Waals surface area contributed by atoms with E-state index in [1.165, 1.54) is 0 Å². The number of primary sulfonamides is 1.